The molecule has 8 heteroatoms. The van der Waals surface area contributed by atoms with Crippen LogP contribution in [-0.2, 0) is 0 Å². The second kappa shape index (κ2) is 4.97. The number of carboxylic acids is 1. The summed E-state index contributed by atoms with van der Waals surface area (Å²) < 4.78 is 6.95. The zero-order valence-electron chi connectivity index (χ0n) is 9.71. The molecular weight excluding hydrogens is 323 g/mol. The third-order valence-electron chi connectivity index (χ3n) is 2.48. The van der Waals surface area contributed by atoms with Gasteiger partial charge in [-0.3, -0.25) is 4.40 Å². The highest BCUT2D eigenvalue weighted by Gasteiger charge is 2.21. The van der Waals surface area contributed by atoms with Crippen molar-refractivity contribution >= 4 is 45.5 Å². The van der Waals surface area contributed by atoms with Crippen molar-refractivity contribution in [1.29, 1.82) is 0 Å². The highest BCUT2D eigenvalue weighted by atomic mass is 35.5. The predicted octanol–water partition coefficient (Wildman–Crippen LogP) is 4.19. The van der Waals surface area contributed by atoms with Gasteiger partial charge in [0, 0.05) is 21.6 Å². The van der Waals surface area contributed by atoms with Gasteiger partial charge in [-0.1, -0.05) is 23.2 Å². The van der Waals surface area contributed by atoms with Gasteiger partial charge in [0.1, 0.15) is 5.75 Å². The van der Waals surface area contributed by atoms with Crippen molar-refractivity contribution in [2.24, 2.45) is 0 Å². The van der Waals surface area contributed by atoms with E-state index in [1.807, 2.05) is 0 Å². The maximum Gasteiger partial charge on any atom is 0.358 e. The second-order valence-electron chi connectivity index (χ2n) is 3.83. The van der Waals surface area contributed by atoms with E-state index < -0.39 is 5.97 Å². The first-order chi connectivity index (χ1) is 9.54. The fourth-order valence-corrected chi connectivity index (χ4v) is 2.94. The maximum atomic E-state index is 11.3. The average molecular weight is 329 g/mol. The van der Waals surface area contributed by atoms with Crippen molar-refractivity contribution in [2.45, 2.75) is 0 Å². The first kappa shape index (κ1) is 13.2. The number of aromatic carboxylic acids is 1. The summed E-state index contributed by atoms with van der Waals surface area (Å²) in [6, 6.07) is 4.62. The first-order valence-electron chi connectivity index (χ1n) is 5.37. The molecule has 0 atom stereocenters. The third kappa shape index (κ3) is 2.33. The highest BCUT2D eigenvalue weighted by Crippen LogP contribution is 2.31. The minimum Gasteiger partial charge on any atom is -0.476 e. The number of nitrogens with zero attached hydrogens (tertiary/aromatic N) is 2. The van der Waals surface area contributed by atoms with Crippen molar-refractivity contribution in [3.63, 3.8) is 0 Å². The van der Waals surface area contributed by atoms with Crippen molar-refractivity contribution in [3.8, 4) is 11.6 Å². The number of benzene rings is 1. The van der Waals surface area contributed by atoms with Gasteiger partial charge >= 0.3 is 5.97 Å². The molecule has 0 aliphatic rings. The molecule has 102 valence electrons. The molecule has 3 rings (SSSR count). The summed E-state index contributed by atoms with van der Waals surface area (Å²) in [5, 5.41) is 11.8. The zero-order chi connectivity index (χ0) is 14.3. The number of rotatable bonds is 3. The summed E-state index contributed by atoms with van der Waals surface area (Å²) in [7, 11) is 0. The largest absolute Gasteiger partial charge is 0.476 e. The lowest BCUT2D eigenvalue weighted by molar-refractivity contribution is 0.0686. The van der Waals surface area contributed by atoms with Crippen LogP contribution in [0.15, 0.2) is 29.8 Å². The van der Waals surface area contributed by atoms with Crippen LogP contribution in [0.1, 0.15) is 10.5 Å². The van der Waals surface area contributed by atoms with Crippen LogP contribution in [0, 0.1) is 0 Å². The number of halogens is 2. The Bertz CT molecular complexity index is 792. The molecule has 5 nitrogen and oxygen atoms in total. The van der Waals surface area contributed by atoms with Crippen LogP contribution < -0.4 is 4.74 Å². The molecule has 0 radical (unpaired) electrons. The van der Waals surface area contributed by atoms with E-state index in [-0.39, 0.29) is 11.6 Å². The van der Waals surface area contributed by atoms with Crippen LogP contribution in [-0.4, -0.2) is 20.5 Å². The molecule has 0 amide bonds. The van der Waals surface area contributed by atoms with Gasteiger partial charge in [0.05, 0.1) is 0 Å². The molecular formula is C12H6Cl2N2O3S. The van der Waals surface area contributed by atoms with Gasteiger partial charge in [-0.25, -0.2) is 4.79 Å². The Morgan fingerprint density at radius 3 is 2.65 bits per heavy atom. The summed E-state index contributed by atoms with van der Waals surface area (Å²) in [6.07, 6.45) is 1.62. The number of imidazole rings is 1. The number of hydrogen-bond acceptors (Lipinski definition) is 4. The molecule has 2 heterocycles. The van der Waals surface area contributed by atoms with Gasteiger partial charge < -0.3 is 9.84 Å². The number of aromatic nitrogens is 2. The Morgan fingerprint density at radius 1 is 1.30 bits per heavy atom. The number of carboxylic acid groups (broad SMARTS) is 1. The molecule has 1 N–H and O–H groups in total. The van der Waals surface area contributed by atoms with E-state index in [4.69, 9.17) is 27.9 Å². The molecule has 2 aromatic heterocycles. The number of thiazole rings is 1. The summed E-state index contributed by atoms with van der Waals surface area (Å²) >= 11 is 13.1. The summed E-state index contributed by atoms with van der Waals surface area (Å²) in [5.74, 6) is -0.794. The van der Waals surface area contributed by atoms with Crippen LogP contribution >= 0.6 is 34.5 Å². The van der Waals surface area contributed by atoms with Gasteiger partial charge in [0.15, 0.2) is 10.7 Å². The van der Waals surface area contributed by atoms with E-state index in [9.17, 15) is 9.90 Å². The molecule has 0 bridgehead atoms. The van der Waals surface area contributed by atoms with Crippen LogP contribution in [0.2, 0.25) is 10.0 Å². The lowest BCUT2D eigenvalue weighted by atomic mass is 10.3. The van der Waals surface area contributed by atoms with Gasteiger partial charge in [0.2, 0.25) is 0 Å². The van der Waals surface area contributed by atoms with E-state index in [1.54, 1.807) is 17.6 Å². The number of ether oxygens (including phenoxy) is 1. The quantitative estimate of drug-likeness (QED) is 0.782. The minimum atomic E-state index is -1.13. The van der Waals surface area contributed by atoms with E-state index >= 15 is 0 Å². The van der Waals surface area contributed by atoms with Crippen molar-refractivity contribution in [1.82, 2.24) is 9.38 Å². The molecule has 20 heavy (non-hydrogen) atoms. The molecule has 0 spiro atoms. The summed E-state index contributed by atoms with van der Waals surface area (Å²) in [6.45, 7) is 0. The number of carbonyl (C=O) groups is 1. The van der Waals surface area contributed by atoms with Gasteiger partial charge in [0.25, 0.3) is 5.88 Å². The van der Waals surface area contributed by atoms with Crippen LogP contribution in [0.25, 0.3) is 4.96 Å². The molecule has 0 fully saturated rings. The fraction of sp³-hybridized carbons (Fsp3) is 0. The van der Waals surface area contributed by atoms with Crippen LogP contribution in [0.4, 0.5) is 0 Å². The molecule has 0 unspecified atom stereocenters. The van der Waals surface area contributed by atoms with Gasteiger partial charge in [-0.15, -0.1) is 11.3 Å². The summed E-state index contributed by atoms with van der Waals surface area (Å²) in [5.41, 5.74) is -0.0441. The zero-order valence-corrected chi connectivity index (χ0v) is 12.0. The van der Waals surface area contributed by atoms with E-state index in [2.05, 4.69) is 4.98 Å². The average Bonchev–Trinajstić information content (AvgIpc) is 2.86. The lowest BCUT2D eigenvalue weighted by Crippen LogP contribution is -2.02. The van der Waals surface area contributed by atoms with Gasteiger partial charge in [-0.2, -0.15) is 4.98 Å². The Balaban J connectivity index is 2.07. The summed E-state index contributed by atoms with van der Waals surface area (Å²) in [4.78, 5) is 16.0. The van der Waals surface area contributed by atoms with E-state index in [1.165, 1.54) is 27.9 Å². The first-order valence-corrected chi connectivity index (χ1v) is 7.01. The van der Waals surface area contributed by atoms with E-state index in [0.717, 1.165) is 0 Å². The van der Waals surface area contributed by atoms with Crippen molar-refractivity contribution in [3.05, 3.63) is 45.5 Å². The molecule has 3 aromatic rings. The number of fused-ring (bicyclic) bond motifs is 1. The van der Waals surface area contributed by atoms with Crippen molar-refractivity contribution < 1.29 is 14.6 Å². The maximum absolute atomic E-state index is 11.3. The standard InChI is InChI=1S/C12H6Cl2N2O3S/c13-6-3-7(14)5-8(4-6)19-10-9(11(17)18)16-1-2-20-12(16)15-10/h1-5H,(H,17,18). The molecule has 0 aliphatic heterocycles. The number of hydrogen-bond donors (Lipinski definition) is 1. The molecule has 0 saturated heterocycles. The smallest absolute Gasteiger partial charge is 0.358 e. The highest BCUT2D eigenvalue weighted by molar-refractivity contribution is 7.15. The fourth-order valence-electron chi connectivity index (χ4n) is 1.73. The minimum absolute atomic E-state index is 0.00248. The molecule has 0 saturated carbocycles. The molecule has 1 aromatic carbocycles. The van der Waals surface area contributed by atoms with Crippen LogP contribution in [0.5, 0.6) is 11.6 Å². The molecule has 0 aliphatic carbocycles. The van der Waals surface area contributed by atoms with Crippen LogP contribution in [0.3, 0.4) is 0 Å². The second-order valence-corrected chi connectivity index (χ2v) is 5.58. The monoisotopic (exact) mass is 328 g/mol. The SMILES string of the molecule is O=C(O)c1c(Oc2cc(Cl)cc(Cl)c2)nc2sccn12. The Hall–Kier alpha value is -1.76. The topological polar surface area (TPSA) is 63.8 Å². The third-order valence-corrected chi connectivity index (χ3v) is 3.68. The normalized spacial score (nSPS) is 10.9. The Labute approximate surface area is 127 Å². The lowest BCUT2D eigenvalue weighted by Gasteiger charge is -2.04. The van der Waals surface area contributed by atoms with E-state index in [0.29, 0.717) is 20.8 Å². The Kier molecular flexibility index (Phi) is 3.29. The predicted molar refractivity (Wildman–Crippen MR) is 76.6 cm³/mol. The van der Waals surface area contributed by atoms with Gasteiger partial charge in [-0.05, 0) is 18.2 Å². The Morgan fingerprint density at radius 2 is 2.00 bits per heavy atom. The van der Waals surface area contributed by atoms with Crippen molar-refractivity contribution in [2.75, 3.05) is 0 Å².